The van der Waals surface area contributed by atoms with Gasteiger partial charge in [-0.05, 0) is 55.0 Å². The molecule has 0 saturated heterocycles. The van der Waals surface area contributed by atoms with Crippen LogP contribution in [0.5, 0.6) is 0 Å². The molecule has 0 aliphatic heterocycles. The molecule has 5 nitrogen and oxygen atoms in total. The molecule has 0 spiro atoms. The van der Waals surface area contributed by atoms with Gasteiger partial charge in [0.05, 0.1) is 16.5 Å². The zero-order valence-corrected chi connectivity index (χ0v) is 18.0. The summed E-state index contributed by atoms with van der Waals surface area (Å²) < 4.78 is 3.13. The average molecular weight is 423 g/mol. The van der Waals surface area contributed by atoms with Gasteiger partial charge in [0.2, 0.25) is 0 Å². The van der Waals surface area contributed by atoms with Crippen LogP contribution >= 0.6 is 22.7 Å². The number of imidazole rings is 1. The molecule has 0 aliphatic rings. The Bertz CT molecular complexity index is 1130. The van der Waals surface area contributed by atoms with Crippen LogP contribution in [0.25, 0.3) is 16.3 Å². The standard InChI is InChI=1S/C22H22N4OS2/c1-16-6-8-19-21(17(16)2)24-22(29-19)26(12-4-11-25-13-10-23-15-25)20(27)9-7-18-5-3-14-28-18/h3,5-10,13-15H,4,11-12H2,1-2H3. The first-order valence-corrected chi connectivity index (χ1v) is 11.2. The molecule has 0 bridgehead atoms. The summed E-state index contributed by atoms with van der Waals surface area (Å²) in [5.41, 5.74) is 3.37. The van der Waals surface area contributed by atoms with Gasteiger partial charge in [0.25, 0.3) is 5.91 Å². The number of amides is 1. The van der Waals surface area contributed by atoms with Gasteiger partial charge in [-0.25, -0.2) is 9.97 Å². The van der Waals surface area contributed by atoms with E-state index in [4.69, 9.17) is 4.98 Å². The first-order valence-electron chi connectivity index (χ1n) is 9.47. The normalized spacial score (nSPS) is 11.5. The zero-order valence-electron chi connectivity index (χ0n) is 16.4. The van der Waals surface area contributed by atoms with Gasteiger partial charge in [0.15, 0.2) is 5.13 Å². The fourth-order valence-electron chi connectivity index (χ4n) is 3.09. The molecule has 1 aromatic carbocycles. The number of carbonyl (C=O) groups excluding carboxylic acids is 1. The fourth-order valence-corrected chi connectivity index (χ4v) is 4.76. The number of fused-ring (bicyclic) bond motifs is 1. The lowest BCUT2D eigenvalue weighted by Crippen LogP contribution is -2.30. The highest BCUT2D eigenvalue weighted by Crippen LogP contribution is 2.32. The quantitative estimate of drug-likeness (QED) is 0.379. The molecule has 0 atom stereocenters. The lowest BCUT2D eigenvalue weighted by Gasteiger charge is -2.18. The molecular weight excluding hydrogens is 400 g/mol. The summed E-state index contributed by atoms with van der Waals surface area (Å²) in [6.07, 6.45) is 9.85. The van der Waals surface area contributed by atoms with Crippen molar-refractivity contribution in [2.24, 2.45) is 0 Å². The summed E-state index contributed by atoms with van der Waals surface area (Å²) in [5.74, 6) is -0.0440. The molecular formula is C22H22N4OS2. The first-order chi connectivity index (χ1) is 14.1. The van der Waals surface area contributed by atoms with Gasteiger partial charge < -0.3 is 4.57 Å². The third-order valence-corrected chi connectivity index (χ3v) is 6.74. The number of carbonyl (C=O) groups is 1. The van der Waals surface area contributed by atoms with Crippen LogP contribution in [-0.4, -0.2) is 27.0 Å². The SMILES string of the molecule is Cc1ccc2sc(N(CCCn3ccnc3)C(=O)C=Cc3cccs3)nc2c1C. The molecule has 3 heterocycles. The van der Waals surface area contributed by atoms with Crippen LogP contribution < -0.4 is 4.90 Å². The maximum atomic E-state index is 13.1. The largest absolute Gasteiger partial charge is 0.337 e. The molecule has 3 aromatic heterocycles. The molecule has 148 valence electrons. The number of benzene rings is 1. The minimum Gasteiger partial charge on any atom is -0.337 e. The summed E-state index contributed by atoms with van der Waals surface area (Å²) in [5, 5.41) is 2.76. The Morgan fingerprint density at radius 1 is 1.28 bits per heavy atom. The fraction of sp³-hybridized carbons (Fsp3) is 0.227. The van der Waals surface area contributed by atoms with Gasteiger partial charge in [0.1, 0.15) is 0 Å². The highest BCUT2D eigenvalue weighted by atomic mass is 32.1. The minimum absolute atomic E-state index is 0.0440. The average Bonchev–Trinajstić information content (AvgIpc) is 3.48. The minimum atomic E-state index is -0.0440. The second-order valence-electron chi connectivity index (χ2n) is 6.84. The van der Waals surface area contributed by atoms with Crippen molar-refractivity contribution in [3.63, 3.8) is 0 Å². The Morgan fingerprint density at radius 2 is 2.17 bits per heavy atom. The Hall–Kier alpha value is -2.77. The number of aryl methyl sites for hydroxylation is 3. The summed E-state index contributed by atoms with van der Waals surface area (Å²) in [7, 11) is 0. The second kappa shape index (κ2) is 8.71. The molecule has 1 amide bonds. The Balaban J connectivity index is 1.59. The molecule has 4 rings (SSSR count). The maximum absolute atomic E-state index is 13.1. The van der Waals surface area contributed by atoms with E-state index in [0.717, 1.165) is 33.2 Å². The van der Waals surface area contributed by atoms with Gasteiger partial charge in [-0.3, -0.25) is 9.69 Å². The number of anilines is 1. The highest BCUT2D eigenvalue weighted by molar-refractivity contribution is 7.22. The predicted molar refractivity (Wildman–Crippen MR) is 122 cm³/mol. The summed E-state index contributed by atoms with van der Waals surface area (Å²) >= 11 is 3.19. The number of hydrogen-bond acceptors (Lipinski definition) is 5. The van der Waals surface area contributed by atoms with E-state index in [1.54, 1.807) is 46.2 Å². The topological polar surface area (TPSA) is 51.0 Å². The summed E-state index contributed by atoms with van der Waals surface area (Å²) in [6.45, 7) is 5.58. The van der Waals surface area contributed by atoms with Gasteiger partial charge >= 0.3 is 0 Å². The van der Waals surface area contributed by atoms with Crippen molar-refractivity contribution in [3.05, 3.63) is 70.4 Å². The molecule has 4 aromatic rings. The molecule has 0 radical (unpaired) electrons. The number of hydrogen-bond donors (Lipinski definition) is 0. The molecule has 7 heteroatoms. The van der Waals surface area contributed by atoms with Crippen LogP contribution in [0.1, 0.15) is 22.4 Å². The summed E-state index contributed by atoms with van der Waals surface area (Å²) in [6, 6.07) is 8.19. The van der Waals surface area contributed by atoms with Crippen molar-refractivity contribution < 1.29 is 4.79 Å². The van der Waals surface area contributed by atoms with Gasteiger partial charge in [-0.15, -0.1) is 11.3 Å². The Labute approximate surface area is 178 Å². The maximum Gasteiger partial charge on any atom is 0.252 e. The van der Waals surface area contributed by atoms with E-state index in [1.807, 2.05) is 34.4 Å². The van der Waals surface area contributed by atoms with Crippen LogP contribution in [0.3, 0.4) is 0 Å². The number of rotatable bonds is 7. The monoisotopic (exact) mass is 422 g/mol. The lowest BCUT2D eigenvalue weighted by atomic mass is 10.1. The molecule has 0 unspecified atom stereocenters. The third kappa shape index (κ3) is 4.46. The van der Waals surface area contributed by atoms with Crippen LogP contribution in [0, 0.1) is 13.8 Å². The van der Waals surface area contributed by atoms with E-state index in [0.29, 0.717) is 6.54 Å². The van der Waals surface area contributed by atoms with Crippen molar-refractivity contribution in [1.29, 1.82) is 0 Å². The first kappa shape index (κ1) is 19.5. The van der Waals surface area contributed by atoms with Crippen molar-refractivity contribution in [3.8, 4) is 0 Å². The number of nitrogens with zero attached hydrogens (tertiary/aromatic N) is 4. The van der Waals surface area contributed by atoms with E-state index >= 15 is 0 Å². The number of aromatic nitrogens is 3. The van der Waals surface area contributed by atoms with E-state index in [1.165, 1.54) is 11.1 Å². The van der Waals surface area contributed by atoms with E-state index in [2.05, 4.69) is 31.0 Å². The lowest BCUT2D eigenvalue weighted by molar-refractivity contribution is -0.114. The molecule has 0 fully saturated rings. The van der Waals surface area contributed by atoms with E-state index in [-0.39, 0.29) is 5.91 Å². The molecule has 29 heavy (non-hydrogen) atoms. The summed E-state index contributed by atoms with van der Waals surface area (Å²) in [4.78, 5) is 24.8. The van der Waals surface area contributed by atoms with Crippen LogP contribution in [0.4, 0.5) is 5.13 Å². The second-order valence-corrected chi connectivity index (χ2v) is 8.83. The van der Waals surface area contributed by atoms with E-state index in [9.17, 15) is 4.79 Å². The molecule has 0 saturated carbocycles. The highest BCUT2D eigenvalue weighted by Gasteiger charge is 2.18. The third-order valence-electron chi connectivity index (χ3n) is 4.86. The predicted octanol–water partition coefficient (Wildman–Crippen LogP) is 5.31. The van der Waals surface area contributed by atoms with Crippen LogP contribution in [0.15, 0.2) is 54.4 Å². The van der Waals surface area contributed by atoms with Crippen molar-refractivity contribution in [2.45, 2.75) is 26.8 Å². The Morgan fingerprint density at radius 3 is 2.93 bits per heavy atom. The van der Waals surface area contributed by atoms with Gasteiger partial charge in [-0.1, -0.05) is 23.5 Å². The Kier molecular flexibility index (Phi) is 5.87. The van der Waals surface area contributed by atoms with Crippen molar-refractivity contribution >= 4 is 50.0 Å². The molecule has 0 aliphatic carbocycles. The van der Waals surface area contributed by atoms with Gasteiger partial charge in [0, 0.05) is 36.4 Å². The van der Waals surface area contributed by atoms with Gasteiger partial charge in [-0.2, -0.15) is 0 Å². The van der Waals surface area contributed by atoms with E-state index < -0.39 is 0 Å². The number of thiazole rings is 1. The van der Waals surface area contributed by atoms with Crippen LogP contribution in [-0.2, 0) is 11.3 Å². The van der Waals surface area contributed by atoms with Crippen LogP contribution in [0.2, 0.25) is 0 Å². The van der Waals surface area contributed by atoms with Crippen molar-refractivity contribution in [2.75, 3.05) is 11.4 Å². The number of thiophene rings is 1. The smallest absolute Gasteiger partial charge is 0.252 e. The van der Waals surface area contributed by atoms with Crippen molar-refractivity contribution in [1.82, 2.24) is 14.5 Å². The zero-order chi connectivity index (χ0) is 20.2. The molecule has 0 N–H and O–H groups in total.